The molecular formula is C10H15ClN2O2. The van der Waals surface area contributed by atoms with Gasteiger partial charge in [-0.2, -0.15) is 0 Å². The largest absolute Gasteiger partial charge is 0.318 e. The maximum Gasteiger partial charge on any atom is 0.242 e. The quantitative estimate of drug-likeness (QED) is 0.625. The molecule has 5 heteroatoms. The second kappa shape index (κ2) is 3.37. The predicted molar refractivity (Wildman–Crippen MR) is 56.4 cm³/mol. The molecule has 2 amide bonds. The van der Waals surface area contributed by atoms with E-state index in [2.05, 4.69) is 0 Å². The Balaban J connectivity index is 2.24. The Morgan fingerprint density at radius 3 is 2.80 bits per heavy atom. The third-order valence-electron chi connectivity index (χ3n) is 3.43. The van der Waals surface area contributed by atoms with Crippen LogP contribution < -0.4 is 0 Å². The van der Waals surface area contributed by atoms with Crippen molar-refractivity contribution in [3.63, 3.8) is 0 Å². The predicted octanol–water partition coefficient (Wildman–Crippen LogP) is 0.794. The summed E-state index contributed by atoms with van der Waals surface area (Å²) in [6.45, 7) is 4.87. The van der Waals surface area contributed by atoms with Crippen molar-refractivity contribution in [2.75, 3.05) is 13.1 Å². The van der Waals surface area contributed by atoms with E-state index in [4.69, 9.17) is 11.6 Å². The van der Waals surface area contributed by atoms with Crippen molar-refractivity contribution in [1.82, 2.24) is 9.80 Å². The van der Waals surface area contributed by atoms with Gasteiger partial charge in [-0.25, -0.2) is 0 Å². The molecular weight excluding hydrogens is 216 g/mol. The molecule has 2 unspecified atom stereocenters. The number of carbonyl (C=O) groups is 2. The molecule has 0 saturated carbocycles. The van der Waals surface area contributed by atoms with Gasteiger partial charge in [-0.3, -0.25) is 9.59 Å². The normalized spacial score (nSPS) is 32.1. The van der Waals surface area contributed by atoms with E-state index >= 15 is 0 Å². The standard InChI is InChI=1S/C10H15ClN2O2/c1-7(11)9(15)13-6-5-12-8(14)3-4-10(12,13)2/h7H,3-6H2,1-2H3. The molecule has 2 fully saturated rings. The first-order valence-corrected chi connectivity index (χ1v) is 5.66. The summed E-state index contributed by atoms with van der Waals surface area (Å²) < 4.78 is 0. The summed E-state index contributed by atoms with van der Waals surface area (Å²) in [4.78, 5) is 27.0. The lowest BCUT2D eigenvalue weighted by Crippen LogP contribution is -2.52. The Hall–Kier alpha value is -0.770. The van der Waals surface area contributed by atoms with Gasteiger partial charge in [0.15, 0.2) is 0 Å². The van der Waals surface area contributed by atoms with Crippen LogP contribution in [0.15, 0.2) is 0 Å². The fraction of sp³-hybridized carbons (Fsp3) is 0.800. The molecule has 0 N–H and O–H groups in total. The molecule has 15 heavy (non-hydrogen) atoms. The van der Waals surface area contributed by atoms with Gasteiger partial charge >= 0.3 is 0 Å². The molecule has 0 radical (unpaired) electrons. The number of nitrogens with zero attached hydrogens (tertiary/aromatic N) is 2. The second-order valence-corrected chi connectivity index (χ2v) is 5.02. The zero-order valence-electron chi connectivity index (χ0n) is 8.99. The minimum atomic E-state index is -0.516. The number of amides is 2. The Morgan fingerprint density at radius 1 is 1.53 bits per heavy atom. The highest BCUT2D eigenvalue weighted by Gasteiger charge is 2.52. The van der Waals surface area contributed by atoms with E-state index in [0.29, 0.717) is 19.5 Å². The summed E-state index contributed by atoms with van der Waals surface area (Å²) in [5.41, 5.74) is -0.419. The topological polar surface area (TPSA) is 40.6 Å². The summed E-state index contributed by atoms with van der Waals surface area (Å²) in [7, 11) is 0. The maximum absolute atomic E-state index is 11.9. The van der Waals surface area contributed by atoms with Crippen molar-refractivity contribution in [2.24, 2.45) is 0 Å². The van der Waals surface area contributed by atoms with Crippen LogP contribution in [0.5, 0.6) is 0 Å². The molecule has 84 valence electrons. The summed E-state index contributed by atoms with van der Waals surface area (Å²) in [6, 6.07) is 0. The van der Waals surface area contributed by atoms with Crippen molar-refractivity contribution < 1.29 is 9.59 Å². The molecule has 0 bridgehead atoms. The lowest BCUT2D eigenvalue weighted by Gasteiger charge is -2.36. The van der Waals surface area contributed by atoms with Gasteiger partial charge in [0.25, 0.3) is 0 Å². The first-order valence-electron chi connectivity index (χ1n) is 5.23. The second-order valence-electron chi connectivity index (χ2n) is 4.37. The summed E-state index contributed by atoms with van der Waals surface area (Å²) >= 11 is 5.80. The Morgan fingerprint density at radius 2 is 2.20 bits per heavy atom. The highest BCUT2D eigenvalue weighted by molar-refractivity contribution is 6.30. The molecule has 2 rings (SSSR count). The Bertz CT molecular complexity index is 319. The molecule has 2 aliphatic rings. The number of hydrogen-bond donors (Lipinski definition) is 0. The van der Waals surface area contributed by atoms with Crippen LogP contribution in [0.3, 0.4) is 0 Å². The summed E-state index contributed by atoms with van der Waals surface area (Å²) in [5.74, 6) is 0.0754. The zero-order chi connectivity index (χ0) is 11.2. The van der Waals surface area contributed by atoms with Gasteiger partial charge in [-0.05, 0) is 20.3 Å². The maximum atomic E-state index is 11.9. The molecule has 0 aromatic carbocycles. The number of halogens is 1. The van der Waals surface area contributed by atoms with E-state index in [-0.39, 0.29) is 11.8 Å². The van der Waals surface area contributed by atoms with Crippen molar-refractivity contribution in [1.29, 1.82) is 0 Å². The van der Waals surface area contributed by atoms with E-state index in [0.717, 1.165) is 6.42 Å². The molecule has 4 nitrogen and oxygen atoms in total. The molecule has 2 saturated heterocycles. The lowest BCUT2D eigenvalue weighted by molar-refractivity contribution is -0.139. The molecule has 0 aromatic heterocycles. The van der Waals surface area contributed by atoms with Crippen LogP contribution in [-0.2, 0) is 9.59 Å². The zero-order valence-corrected chi connectivity index (χ0v) is 9.75. The van der Waals surface area contributed by atoms with Crippen molar-refractivity contribution >= 4 is 23.4 Å². The summed E-state index contributed by atoms with van der Waals surface area (Å²) in [5, 5.41) is -0.516. The lowest BCUT2D eigenvalue weighted by atomic mass is 10.1. The number of carbonyl (C=O) groups excluding carboxylic acids is 2. The van der Waals surface area contributed by atoms with Gasteiger partial charge in [0, 0.05) is 19.5 Å². The highest BCUT2D eigenvalue weighted by atomic mass is 35.5. The highest BCUT2D eigenvalue weighted by Crippen LogP contribution is 2.37. The van der Waals surface area contributed by atoms with Crippen molar-refractivity contribution in [3.05, 3.63) is 0 Å². The molecule has 2 atom stereocenters. The van der Waals surface area contributed by atoms with Gasteiger partial charge in [0.05, 0.1) is 0 Å². The van der Waals surface area contributed by atoms with Crippen molar-refractivity contribution in [3.8, 4) is 0 Å². The van der Waals surface area contributed by atoms with Crippen LogP contribution >= 0.6 is 11.6 Å². The Kier molecular flexibility index (Phi) is 2.41. The monoisotopic (exact) mass is 230 g/mol. The minimum absolute atomic E-state index is 0.0728. The average Bonchev–Trinajstić information content (AvgIpc) is 2.63. The third-order valence-corrected chi connectivity index (χ3v) is 3.62. The average molecular weight is 231 g/mol. The molecule has 0 spiro atoms. The number of rotatable bonds is 1. The van der Waals surface area contributed by atoms with Gasteiger partial charge in [0.2, 0.25) is 11.8 Å². The molecule has 0 aromatic rings. The minimum Gasteiger partial charge on any atom is -0.318 e. The molecule has 0 aliphatic carbocycles. The Labute approximate surface area is 94.2 Å². The van der Waals surface area contributed by atoms with E-state index in [1.54, 1.807) is 16.7 Å². The van der Waals surface area contributed by atoms with Crippen molar-refractivity contribution in [2.45, 2.75) is 37.7 Å². The van der Waals surface area contributed by atoms with Crippen LogP contribution in [0, 0.1) is 0 Å². The van der Waals surface area contributed by atoms with E-state index < -0.39 is 11.0 Å². The number of fused-ring (bicyclic) bond motifs is 1. The van der Waals surface area contributed by atoms with Crippen LogP contribution in [0.2, 0.25) is 0 Å². The third kappa shape index (κ3) is 1.42. The van der Waals surface area contributed by atoms with Gasteiger partial charge in [-0.1, -0.05) is 0 Å². The SMILES string of the molecule is CC(Cl)C(=O)N1CCN2C(=O)CCC21C. The van der Waals surface area contributed by atoms with E-state index in [1.807, 2.05) is 6.92 Å². The summed E-state index contributed by atoms with van der Waals surface area (Å²) in [6.07, 6.45) is 1.26. The van der Waals surface area contributed by atoms with Crippen LogP contribution in [0.1, 0.15) is 26.7 Å². The van der Waals surface area contributed by atoms with E-state index in [1.165, 1.54) is 0 Å². The smallest absolute Gasteiger partial charge is 0.242 e. The number of alkyl halides is 1. The van der Waals surface area contributed by atoms with Gasteiger partial charge in [-0.15, -0.1) is 11.6 Å². The van der Waals surface area contributed by atoms with Gasteiger partial charge < -0.3 is 9.80 Å². The first kappa shape index (κ1) is 10.7. The first-order chi connectivity index (χ1) is 6.97. The molecule has 2 heterocycles. The van der Waals surface area contributed by atoms with Crippen LogP contribution in [0.25, 0.3) is 0 Å². The number of hydrogen-bond acceptors (Lipinski definition) is 2. The van der Waals surface area contributed by atoms with Gasteiger partial charge in [0.1, 0.15) is 11.0 Å². The van der Waals surface area contributed by atoms with Crippen LogP contribution in [0.4, 0.5) is 0 Å². The van der Waals surface area contributed by atoms with Crippen LogP contribution in [-0.4, -0.2) is 45.7 Å². The fourth-order valence-electron chi connectivity index (χ4n) is 2.53. The van der Waals surface area contributed by atoms with E-state index in [9.17, 15) is 9.59 Å². The molecule has 2 aliphatic heterocycles. The fourth-order valence-corrected chi connectivity index (χ4v) is 2.65.